The molecule has 0 spiro atoms. The molecule has 0 aliphatic rings. The van der Waals surface area contributed by atoms with Gasteiger partial charge in [-0.15, -0.1) is 0 Å². The van der Waals surface area contributed by atoms with Crippen molar-refractivity contribution in [1.29, 1.82) is 0 Å². The molecule has 0 aliphatic carbocycles. The maximum Gasteiger partial charge on any atom is 0.231 e. The molecular weight excluding hydrogens is 344 g/mol. The van der Waals surface area contributed by atoms with Crippen molar-refractivity contribution in [3.63, 3.8) is 0 Å². The van der Waals surface area contributed by atoms with Crippen molar-refractivity contribution >= 4 is 23.1 Å². The van der Waals surface area contributed by atoms with E-state index >= 15 is 0 Å². The fourth-order valence-corrected chi connectivity index (χ4v) is 3.57. The van der Waals surface area contributed by atoms with Crippen LogP contribution < -0.4 is 10.3 Å². The lowest BCUT2D eigenvalue weighted by molar-refractivity contribution is -0.683. The van der Waals surface area contributed by atoms with Crippen LogP contribution in [0.1, 0.15) is 16.7 Å². The molecular formula is C24H25N4+. The number of nitrogens with two attached hydrogens (primary N) is 1. The number of nitrogens with zero attached hydrogens (tertiary/aromatic N) is 3. The first kappa shape index (κ1) is 18.1. The molecule has 0 saturated carbocycles. The minimum atomic E-state index is 0.592. The average molecular weight is 369 g/mol. The molecule has 0 amide bonds. The highest BCUT2D eigenvalue weighted by molar-refractivity contribution is 5.92. The average Bonchev–Trinajstić information content (AvgIpc) is 3.03. The molecule has 1 aromatic carbocycles. The quantitative estimate of drug-likeness (QED) is 0.541. The molecule has 140 valence electrons. The smallest absolute Gasteiger partial charge is 0.231 e. The van der Waals surface area contributed by atoms with E-state index in [0.29, 0.717) is 6.54 Å². The van der Waals surface area contributed by atoms with Gasteiger partial charge in [0, 0.05) is 42.5 Å². The topological polar surface area (TPSA) is 47.7 Å². The Morgan fingerprint density at radius 1 is 1.11 bits per heavy atom. The zero-order chi connectivity index (χ0) is 19.5. The summed E-state index contributed by atoms with van der Waals surface area (Å²) in [6.07, 6.45) is 10.5. The van der Waals surface area contributed by atoms with Crippen molar-refractivity contribution in [1.82, 2.24) is 9.55 Å². The molecule has 28 heavy (non-hydrogen) atoms. The maximum atomic E-state index is 5.81. The second kappa shape index (κ2) is 7.79. The molecule has 4 rings (SSSR count). The number of aryl methyl sites for hydroxylation is 2. The SMILES string of the molecule is Cc1ccnc(-c2cc(/C=C/c3cn(C)c4ccccc34)cc[n+]2CCN)c1. The largest absolute Gasteiger partial charge is 0.350 e. The molecule has 4 heteroatoms. The van der Waals surface area contributed by atoms with E-state index < -0.39 is 0 Å². The number of fused-ring (bicyclic) bond motifs is 1. The third kappa shape index (κ3) is 3.59. The van der Waals surface area contributed by atoms with Crippen LogP contribution in [-0.4, -0.2) is 16.1 Å². The van der Waals surface area contributed by atoms with Gasteiger partial charge in [0.15, 0.2) is 12.7 Å². The van der Waals surface area contributed by atoms with Crippen molar-refractivity contribution in [2.45, 2.75) is 13.5 Å². The van der Waals surface area contributed by atoms with Gasteiger partial charge in [-0.1, -0.05) is 30.4 Å². The van der Waals surface area contributed by atoms with Gasteiger partial charge in [-0.2, -0.15) is 4.57 Å². The number of hydrogen-bond donors (Lipinski definition) is 1. The molecule has 4 nitrogen and oxygen atoms in total. The summed E-state index contributed by atoms with van der Waals surface area (Å²) in [6, 6.07) is 16.9. The lowest BCUT2D eigenvalue weighted by Crippen LogP contribution is -2.39. The summed E-state index contributed by atoms with van der Waals surface area (Å²) < 4.78 is 4.33. The third-order valence-electron chi connectivity index (χ3n) is 4.99. The maximum absolute atomic E-state index is 5.81. The first-order chi connectivity index (χ1) is 13.7. The van der Waals surface area contributed by atoms with E-state index in [4.69, 9.17) is 5.73 Å². The van der Waals surface area contributed by atoms with Crippen LogP contribution in [0.15, 0.2) is 67.1 Å². The van der Waals surface area contributed by atoms with Crippen LogP contribution in [0.25, 0.3) is 34.4 Å². The molecule has 0 bridgehead atoms. The Bertz CT molecular complexity index is 1150. The Hall–Kier alpha value is -3.24. The Morgan fingerprint density at radius 2 is 1.96 bits per heavy atom. The molecule has 0 saturated heterocycles. The molecule has 0 radical (unpaired) electrons. The van der Waals surface area contributed by atoms with E-state index in [1.54, 1.807) is 0 Å². The van der Waals surface area contributed by atoms with Crippen LogP contribution in [0.3, 0.4) is 0 Å². The summed E-state index contributed by atoms with van der Waals surface area (Å²) in [7, 11) is 2.08. The second-order valence-corrected chi connectivity index (χ2v) is 7.09. The normalized spacial score (nSPS) is 11.5. The Balaban J connectivity index is 1.74. The highest BCUT2D eigenvalue weighted by Gasteiger charge is 2.14. The summed E-state index contributed by atoms with van der Waals surface area (Å²) in [5.74, 6) is 0. The lowest BCUT2D eigenvalue weighted by Gasteiger charge is -2.05. The van der Waals surface area contributed by atoms with Gasteiger partial charge in [0.2, 0.25) is 5.69 Å². The van der Waals surface area contributed by atoms with Gasteiger partial charge in [0.1, 0.15) is 5.69 Å². The van der Waals surface area contributed by atoms with Crippen molar-refractivity contribution in [2.24, 2.45) is 12.8 Å². The zero-order valence-electron chi connectivity index (χ0n) is 16.3. The van der Waals surface area contributed by atoms with Crippen molar-refractivity contribution in [3.8, 4) is 11.4 Å². The van der Waals surface area contributed by atoms with E-state index in [9.17, 15) is 0 Å². The van der Waals surface area contributed by atoms with Crippen LogP contribution in [0.4, 0.5) is 0 Å². The molecule has 0 fully saturated rings. The van der Waals surface area contributed by atoms with Gasteiger partial charge in [-0.05, 0) is 41.8 Å². The predicted molar refractivity (Wildman–Crippen MR) is 116 cm³/mol. The van der Waals surface area contributed by atoms with Gasteiger partial charge in [-0.25, -0.2) is 4.98 Å². The highest BCUT2D eigenvalue weighted by Crippen LogP contribution is 2.23. The molecule has 3 aromatic heterocycles. The minimum absolute atomic E-state index is 0.592. The molecule has 2 N–H and O–H groups in total. The molecule has 0 unspecified atom stereocenters. The number of para-hydroxylation sites is 1. The van der Waals surface area contributed by atoms with Gasteiger partial charge in [0.05, 0.1) is 6.54 Å². The predicted octanol–water partition coefficient (Wildman–Crippen LogP) is 3.97. The number of aromatic nitrogens is 3. The molecule has 4 aromatic rings. The fraction of sp³-hybridized carbons (Fsp3) is 0.167. The molecule has 0 aliphatic heterocycles. The van der Waals surface area contributed by atoms with Crippen molar-refractivity contribution < 1.29 is 4.57 Å². The molecule has 3 heterocycles. The van der Waals surface area contributed by atoms with E-state index in [1.807, 2.05) is 12.3 Å². The summed E-state index contributed by atoms with van der Waals surface area (Å²) >= 11 is 0. The van der Waals surface area contributed by atoms with Crippen molar-refractivity contribution in [3.05, 3.63) is 83.8 Å². The van der Waals surface area contributed by atoms with Gasteiger partial charge < -0.3 is 10.3 Å². The Kier molecular flexibility index (Phi) is 5.04. The number of rotatable bonds is 5. The molecule has 0 atom stereocenters. The first-order valence-corrected chi connectivity index (χ1v) is 9.54. The zero-order valence-corrected chi connectivity index (χ0v) is 16.3. The van der Waals surface area contributed by atoms with Gasteiger partial charge in [-0.3, -0.25) is 0 Å². The standard InChI is InChI=1S/C24H25N4/c1-18-9-12-26-22(15-18)24-16-19(10-13-28(24)14-11-25)7-8-20-17-27(2)23-6-4-3-5-21(20)23/h3-10,12-13,15-17H,11,14,25H2,1-2H3/q+1. The van der Waals surface area contributed by atoms with E-state index in [1.165, 1.54) is 22.0 Å². The second-order valence-electron chi connectivity index (χ2n) is 7.09. The number of benzene rings is 1. The van der Waals surface area contributed by atoms with Crippen LogP contribution >= 0.6 is 0 Å². The van der Waals surface area contributed by atoms with Gasteiger partial charge >= 0.3 is 0 Å². The summed E-state index contributed by atoms with van der Waals surface area (Å²) in [5.41, 5.74) is 12.6. The van der Waals surface area contributed by atoms with E-state index in [-0.39, 0.29) is 0 Å². The number of pyridine rings is 2. The minimum Gasteiger partial charge on any atom is -0.350 e. The van der Waals surface area contributed by atoms with Crippen molar-refractivity contribution in [2.75, 3.05) is 6.54 Å². The monoisotopic (exact) mass is 369 g/mol. The summed E-state index contributed by atoms with van der Waals surface area (Å²) in [6.45, 7) is 3.44. The first-order valence-electron chi connectivity index (χ1n) is 9.54. The summed E-state index contributed by atoms with van der Waals surface area (Å²) in [5, 5.41) is 1.26. The van der Waals surface area contributed by atoms with Gasteiger partial charge in [0.25, 0.3) is 0 Å². The van der Waals surface area contributed by atoms with Crippen LogP contribution in [0, 0.1) is 6.92 Å². The van der Waals surface area contributed by atoms with Crippen LogP contribution in [0.2, 0.25) is 0 Å². The Morgan fingerprint density at radius 3 is 2.79 bits per heavy atom. The lowest BCUT2D eigenvalue weighted by atomic mass is 10.1. The number of hydrogen-bond acceptors (Lipinski definition) is 2. The van der Waals surface area contributed by atoms with Crippen LogP contribution in [-0.2, 0) is 13.6 Å². The van der Waals surface area contributed by atoms with E-state index in [0.717, 1.165) is 23.5 Å². The van der Waals surface area contributed by atoms with E-state index in [2.05, 4.69) is 95.1 Å². The highest BCUT2D eigenvalue weighted by atomic mass is 15.0. The Labute approximate surface area is 165 Å². The van der Waals surface area contributed by atoms with Crippen LogP contribution in [0.5, 0.6) is 0 Å². The summed E-state index contributed by atoms with van der Waals surface area (Å²) in [4.78, 5) is 4.57. The fourth-order valence-electron chi connectivity index (χ4n) is 3.57. The third-order valence-corrected chi connectivity index (χ3v) is 4.99.